The van der Waals surface area contributed by atoms with Crippen LogP contribution in [-0.4, -0.2) is 40.1 Å². The SMILES string of the molecule is CC(C)(C)OC(=O)N[C@H]1CCc2cc(Br)ccc21.CC(C)(C)OC(=O)N[C@H]1CCc2cc(C#N)ccc21.NC1CCc2cc(Br)ccc21.N[C@H]1CCc2cc(Br)ccc21.O/N=C1\CCc2cc(Br)ccc21.O=C1CCc2cc(Br)ccc21. The summed E-state index contributed by atoms with van der Waals surface area (Å²) in [5, 5.41) is 26.6. The largest absolute Gasteiger partial charge is 0.444 e. The van der Waals surface area contributed by atoms with E-state index in [0.717, 1.165) is 121 Å². The number of rotatable bonds is 2. The third kappa shape index (κ3) is 18.4. The molecule has 12 rings (SSSR count). The van der Waals surface area contributed by atoms with Gasteiger partial charge in [-0.25, -0.2) is 9.59 Å². The summed E-state index contributed by atoms with van der Waals surface area (Å²) in [4.78, 5) is 34.7. The minimum atomic E-state index is -0.490. The van der Waals surface area contributed by atoms with Crippen LogP contribution in [0.1, 0.15) is 181 Å². The number of halogens is 5. The number of ketones is 1. The molecule has 0 bridgehead atoms. The zero-order chi connectivity index (χ0) is 59.5. The molecular formula is C65H71Br5N6O6. The molecule has 0 aromatic heterocycles. The number of nitrogens with one attached hydrogen (secondary N) is 2. The molecule has 1 unspecified atom stereocenters. The fourth-order valence-electron chi connectivity index (χ4n) is 10.7. The van der Waals surface area contributed by atoms with Gasteiger partial charge in [0.05, 0.1) is 29.4 Å². The van der Waals surface area contributed by atoms with Crippen LogP contribution in [0.15, 0.2) is 137 Å². The molecule has 4 atom stereocenters. The van der Waals surface area contributed by atoms with Gasteiger partial charge in [0.1, 0.15) is 11.2 Å². The van der Waals surface area contributed by atoms with E-state index >= 15 is 0 Å². The summed E-state index contributed by atoms with van der Waals surface area (Å²) in [6, 6.07) is 39.1. The van der Waals surface area contributed by atoms with E-state index < -0.39 is 17.3 Å². The molecule has 0 radical (unpaired) electrons. The zero-order valence-corrected chi connectivity index (χ0v) is 55.0. The van der Waals surface area contributed by atoms with Gasteiger partial charge in [0, 0.05) is 52.0 Å². The topological polar surface area (TPSA) is 202 Å². The first-order chi connectivity index (χ1) is 38.9. The molecule has 0 saturated carbocycles. The van der Waals surface area contributed by atoms with Crippen molar-refractivity contribution in [3.63, 3.8) is 0 Å². The van der Waals surface area contributed by atoms with Crippen molar-refractivity contribution in [3.8, 4) is 6.07 Å². The molecular weight excluding hydrogens is 1360 g/mol. The fraction of sp³-hybridized carbons (Fsp3) is 0.369. The summed E-state index contributed by atoms with van der Waals surface area (Å²) in [6.45, 7) is 11.1. The van der Waals surface area contributed by atoms with E-state index in [1.54, 1.807) is 6.07 Å². The summed E-state index contributed by atoms with van der Waals surface area (Å²) in [7, 11) is 0. The number of nitrogens with zero attached hydrogens (tertiary/aromatic N) is 2. The average Bonchev–Trinajstić information content (AvgIpc) is 4.40. The summed E-state index contributed by atoms with van der Waals surface area (Å²) in [5.41, 5.74) is 26.9. The molecule has 0 fully saturated rings. The van der Waals surface area contributed by atoms with Gasteiger partial charge in [0.25, 0.3) is 0 Å². The second kappa shape index (κ2) is 29.1. The summed E-state index contributed by atoms with van der Waals surface area (Å²) in [5.74, 6) is 0.285. The maximum Gasteiger partial charge on any atom is 0.408 e. The number of hydrogen-bond donors (Lipinski definition) is 5. The Bertz CT molecular complexity index is 3310. The van der Waals surface area contributed by atoms with Gasteiger partial charge >= 0.3 is 12.2 Å². The number of carbonyl (C=O) groups excluding carboxylic acids is 3. The number of alkyl carbamates (subject to hydrolysis) is 2. The lowest BCUT2D eigenvalue weighted by atomic mass is 10.1. The second-order valence-electron chi connectivity index (χ2n) is 22.9. The van der Waals surface area contributed by atoms with Crippen molar-refractivity contribution >= 4 is 103 Å². The minimum absolute atomic E-state index is 0.0161. The molecule has 17 heteroatoms. The summed E-state index contributed by atoms with van der Waals surface area (Å²) >= 11 is 17.1. The van der Waals surface area contributed by atoms with E-state index in [-0.39, 0.29) is 36.0 Å². The Morgan fingerprint density at radius 1 is 0.512 bits per heavy atom. The van der Waals surface area contributed by atoms with Crippen LogP contribution in [0.5, 0.6) is 0 Å². The van der Waals surface area contributed by atoms with Crippen LogP contribution in [0.4, 0.5) is 9.59 Å². The predicted octanol–water partition coefficient (Wildman–Crippen LogP) is 17.0. The number of aryl methyl sites for hydroxylation is 6. The maximum absolute atomic E-state index is 11.8. The van der Waals surface area contributed by atoms with Crippen LogP contribution in [0.25, 0.3) is 0 Å². The van der Waals surface area contributed by atoms with Crippen LogP contribution in [-0.2, 0) is 48.0 Å². The Balaban J connectivity index is 0.000000144. The molecule has 6 aliphatic rings. The highest BCUT2D eigenvalue weighted by Crippen LogP contribution is 2.36. The van der Waals surface area contributed by atoms with Crippen molar-refractivity contribution < 1.29 is 29.1 Å². The van der Waals surface area contributed by atoms with Crippen molar-refractivity contribution in [2.45, 2.75) is 154 Å². The number of Topliss-reactive ketones (excluding diaryl/α,β-unsaturated/α-hetero) is 1. The van der Waals surface area contributed by atoms with Crippen LogP contribution in [0.2, 0.25) is 0 Å². The van der Waals surface area contributed by atoms with Gasteiger partial charge in [0.15, 0.2) is 5.78 Å². The number of fused-ring (bicyclic) bond motifs is 6. The molecule has 0 aliphatic heterocycles. The Morgan fingerprint density at radius 2 is 0.878 bits per heavy atom. The number of nitriles is 1. The number of oxime groups is 1. The molecule has 6 aromatic rings. The van der Waals surface area contributed by atoms with Crippen LogP contribution in [0.3, 0.4) is 0 Å². The smallest absolute Gasteiger partial charge is 0.408 e. The molecule has 82 heavy (non-hydrogen) atoms. The molecule has 432 valence electrons. The number of amides is 2. The van der Waals surface area contributed by atoms with E-state index in [0.29, 0.717) is 12.0 Å². The van der Waals surface area contributed by atoms with Crippen molar-refractivity contribution in [1.29, 1.82) is 5.26 Å². The maximum atomic E-state index is 11.8. The summed E-state index contributed by atoms with van der Waals surface area (Å²) in [6.07, 6.45) is 10.8. The highest BCUT2D eigenvalue weighted by molar-refractivity contribution is 9.11. The molecule has 6 aliphatic carbocycles. The van der Waals surface area contributed by atoms with E-state index in [1.165, 1.54) is 44.5 Å². The van der Waals surface area contributed by atoms with E-state index in [9.17, 15) is 14.4 Å². The molecule has 12 nitrogen and oxygen atoms in total. The number of nitrogens with two attached hydrogens (primary N) is 2. The van der Waals surface area contributed by atoms with Crippen molar-refractivity contribution in [1.82, 2.24) is 10.6 Å². The van der Waals surface area contributed by atoms with Gasteiger partial charge in [-0.05, 0) is 241 Å². The van der Waals surface area contributed by atoms with Crippen LogP contribution in [0, 0.1) is 11.3 Å². The average molecular weight is 1430 g/mol. The first-order valence-corrected chi connectivity index (χ1v) is 31.5. The molecule has 7 N–H and O–H groups in total. The molecule has 2 amide bonds. The molecule has 0 heterocycles. The molecule has 6 aromatic carbocycles. The Labute approximate surface area is 524 Å². The van der Waals surface area contributed by atoms with Crippen molar-refractivity contribution in [3.05, 3.63) is 204 Å². The lowest BCUT2D eigenvalue weighted by Crippen LogP contribution is -2.34. The predicted molar refractivity (Wildman–Crippen MR) is 343 cm³/mol. The second-order valence-corrected chi connectivity index (χ2v) is 27.5. The third-order valence-corrected chi connectivity index (χ3v) is 17.0. The van der Waals surface area contributed by atoms with E-state index in [4.69, 9.17) is 31.4 Å². The number of benzene rings is 6. The monoisotopic (exact) mass is 1430 g/mol. The number of carbonyl (C=O) groups is 3. The molecule has 0 spiro atoms. The first kappa shape index (κ1) is 64.4. The molecule has 0 saturated heterocycles. The van der Waals surface area contributed by atoms with Crippen LogP contribution >= 0.6 is 79.6 Å². The lowest BCUT2D eigenvalue weighted by molar-refractivity contribution is 0.0492. The van der Waals surface area contributed by atoms with Crippen LogP contribution < -0.4 is 22.1 Å². The first-order valence-electron chi connectivity index (χ1n) is 27.6. The van der Waals surface area contributed by atoms with E-state index in [2.05, 4.69) is 156 Å². The lowest BCUT2D eigenvalue weighted by Gasteiger charge is -2.22. The number of hydrogen-bond acceptors (Lipinski definition) is 10. The van der Waals surface area contributed by atoms with Gasteiger partial charge in [-0.2, -0.15) is 5.26 Å². The van der Waals surface area contributed by atoms with Gasteiger partial charge in [-0.15, -0.1) is 0 Å². The van der Waals surface area contributed by atoms with Gasteiger partial charge in [0.2, 0.25) is 0 Å². The fourth-order valence-corrected chi connectivity index (χ4v) is 12.7. The van der Waals surface area contributed by atoms with Gasteiger partial charge in [-0.3, -0.25) is 4.79 Å². The van der Waals surface area contributed by atoms with Crippen molar-refractivity contribution in [2.24, 2.45) is 16.6 Å². The summed E-state index contributed by atoms with van der Waals surface area (Å²) < 4.78 is 16.1. The zero-order valence-electron chi connectivity index (χ0n) is 47.1. The Kier molecular flexibility index (Phi) is 22.8. The highest BCUT2D eigenvalue weighted by Gasteiger charge is 2.29. The minimum Gasteiger partial charge on any atom is -0.444 e. The van der Waals surface area contributed by atoms with Gasteiger partial charge in [-0.1, -0.05) is 121 Å². The van der Waals surface area contributed by atoms with Crippen molar-refractivity contribution in [2.75, 3.05) is 0 Å². The third-order valence-electron chi connectivity index (χ3n) is 14.5. The Morgan fingerprint density at radius 3 is 1.33 bits per heavy atom. The Hall–Kier alpha value is -5.19. The van der Waals surface area contributed by atoms with Gasteiger partial charge < -0.3 is 36.8 Å². The van der Waals surface area contributed by atoms with E-state index in [1.807, 2.05) is 90.1 Å². The quantitative estimate of drug-likeness (QED) is 0.0826. The normalized spacial score (nSPS) is 18.6. The standard InChI is InChI=1S/C15H18N2O2.C14H18BrNO2.C9H8BrNO.2C9H10BrN.C9H7BrO/c1-15(2,3)19-14(18)17-13-7-5-11-8-10(9-16)4-6-12(11)13;1-14(2,3)18-13(17)16-12-7-4-9-8-10(15)5-6-11(9)12;10-7-2-3-8-6(5-7)1-4-9(8)11-12;3*10-7-2-3-8-6(5-7)1-4-9(8)11/h4,6,8,13H,5,7H2,1-3H3,(H,17,18);5-6,8,12H,4,7H2,1-3H3,(H,16,17);2-3,5,12H,1,4H2;2*2-3,5,9H,1,4,11H2;2-3,5H,1,4H2/b;;11-9+;;;/t13-;12-;;9-;;/m00.0../s1. The number of ether oxygens (including phenoxy) is 2. The highest BCUT2D eigenvalue weighted by atomic mass is 79.9.